The Balaban J connectivity index is 1.98. The first-order chi connectivity index (χ1) is 13.0. The number of nitrogens with one attached hydrogen (secondary N) is 1. The Morgan fingerprint density at radius 2 is 2.07 bits per heavy atom. The summed E-state index contributed by atoms with van der Waals surface area (Å²) in [5, 5.41) is 24.0. The molecule has 1 aromatic heterocycles. The Labute approximate surface area is 159 Å². The minimum atomic E-state index is -0.535. The minimum absolute atomic E-state index is 0.0487. The van der Waals surface area contributed by atoms with E-state index in [-0.39, 0.29) is 10.6 Å². The highest BCUT2D eigenvalue weighted by Gasteiger charge is 2.13. The van der Waals surface area contributed by atoms with E-state index in [1.807, 2.05) is 18.2 Å². The van der Waals surface area contributed by atoms with Crippen molar-refractivity contribution < 1.29 is 19.2 Å². The van der Waals surface area contributed by atoms with E-state index in [4.69, 9.17) is 9.47 Å². The molecule has 0 radical (unpaired) electrons. The molecule has 1 N–H and O–H groups in total. The van der Waals surface area contributed by atoms with Crippen molar-refractivity contribution in [1.29, 1.82) is 5.26 Å². The van der Waals surface area contributed by atoms with Gasteiger partial charge in [-0.15, -0.1) is 0 Å². The van der Waals surface area contributed by atoms with E-state index in [1.165, 1.54) is 17.5 Å². The number of benzene rings is 1. The number of amides is 1. The zero-order valence-electron chi connectivity index (χ0n) is 14.7. The van der Waals surface area contributed by atoms with Crippen molar-refractivity contribution >= 4 is 28.3 Å². The maximum Gasteiger partial charge on any atom is 0.324 e. The molecule has 0 aliphatic heterocycles. The van der Waals surface area contributed by atoms with Crippen LogP contribution in [0, 0.1) is 21.4 Å². The van der Waals surface area contributed by atoms with Crippen molar-refractivity contribution in [3.63, 3.8) is 0 Å². The first kappa shape index (κ1) is 19.9. The number of nitro groups is 1. The molecular weight excluding hydrogens is 370 g/mol. The standard InChI is InChI=1S/C18H17N3O5S/c1-25-15-4-3-12(8-16(15)26-2)5-6-20-18(22)14(10-19)7-13-9-17(21(23)24)27-11-13/h3-4,7-9,11H,5-6H2,1-2H3,(H,20,22)/b14-7+. The molecule has 0 atom stereocenters. The molecule has 2 rings (SSSR count). The van der Waals surface area contributed by atoms with Crippen molar-refractivity contribution in [1.82, 2.24) is 5.32 Å². The molecule has 140 valence electrons. The molecular formula is C18H17N3O5S. The lowest BCUT2D eigenvalue weighted by molar-refractivity contribution is -0.380. The Morgan fingerprint density at radius 1 is 1.33 bits per heavy atom. The third kappa shape index (κ3) is 5.29. The van der Waals surface area contributed by atoms with E-state index in [9.17, 15) is 20.2 Å². The Morgan fingerprint density at radius 3 is 2.67 bits per heavy atom. The summed E-state index contributed by atoms with van der Waals surface area (Å²) in [7, 11) is 3.10. The van der Waals surface area contributed by atoms with Crippen LogP contribution in [0.15, 0.2) is 35.2 Å². The number of carbonyl (C=O) groups is 1. The summed E-state index contributed by atoms with van der Waals surface area (Å²) in [5.41, 5.74) is 1.26. The van der Waals surface area contributed by atoms with Crippen molar-refractivity contribution in [3.05, 3.63) is 56.5 Å². The molecule has 8 nitrogen and oxygen atoms in total. The van der Waals surface area contributed by atoms with E-state index in [1.54, 1.807) is 20.3 Å². The fourth-order valence-electron chi connectivity index (χ4n) is 2.28. The van der Waals surface area contributed by atoms with Gasteiger partial charge in [-0.3, -0.25) is 14.9 Å². The maximum atomic E-state index is 12.2. The van der Waals surface area contributed by atoms with Crippen molar-refractivity contribution in [2.75, 3.05) is 20.8 Å². The second-order valence-corrected chi connectivity index (χ2v) is 6.23. The van der Waals surface area contributed by atoms with Gasteiger partial charge in [0.05, 0.1) is 19.1 Å². The van der Waals surface area contributed by atoms with Gasteiger partial charge in [-0.25, -0.2) is 0 Å². The summed E-state index contributed by atoms with van der Waals surface area (Å²) >= 11 is 0.937. The quantitative estimate of drug-likeness (QED) is 0.322. The average molecular weight is 387 g/mol. The van der Waals surface area contributed by atoms with Crippen molar-refractivity contribution in [2.24, 2.45) is 0 Å². The van der Waals surface area contributed by atoms with Gasteiger partial charge in [0, 0.05) is 18.0 Å². The van der Waals surface area contributed by atoms with Crippen LogP contribution in [0.1, 0.15) is 11.1 Å². The first-order valence-electron chi connectivity index (χ1n) is 7.82. The normalized spacial score (nSPS) is 10.8. The van der Waals surface area contributed by atoms with Crippen LogP contribution in [-0.2, 0) is 11.2 Å². The molecule has 1 aromatic carbocycles. The predicted molar refractivity (Wildman–Crippen MR) is 101 cm³/mol. The van der Waals surface area contributed by atoms with Gasteiger partial charge in [-0.05, 0) is 35.8 Å². The SMILES string of the molecule is COc1ccc(CCNC(=O)/C(C#N)=C/c2csc([N+](=O)[O-])c2)cc1OC. The lowest BCUT2D eigenvalue weighted by Gasteiger charge is -2.10. The van der Waals surface area contributed by atoms with Crippen LogP contribution in [0.2, 0.25) is 0 Å². The highest BCUT2D eigenvalue weighted by molar-refractivity contribution is 7.13. The molecule has 0 unspecified atom stereocenters. The highest BCUT2D eigenvalue weighted by Crippen LogP contribution is 2.27. The molecule has 9 heteroatoms. The molecule has 2 aromatic rings. The summed E-state index contributed by atoms with van der Waals surface area (Å²) in [4.78, 5) is 22.3. The summed E-state index contributed by atoms with van der Waals surface area (Å²) < 4.78 is 10.4. The summed E-state index contributed by atoms with van der Waals surface area (Å²) in [6, 6.07) is 8.59. The molecule has 1 heterocycles. The third-order valence-electron chi connectivity index (χ3n) is 3.61. The van der Waals surface area contributed by atoms with Crippen LogP contribution in [0.4, 0.5) is 5.00 Å². The van der Waals surface area contributed by atoms with E-state index in [0.29, 0.717) is 30.0 Å². The zero-order chi connectivity index (χ0) is 19.8. The Hall–Kier alpha value is -3.38. The van der Waals surface area contributed by atoms with Crippen LogP contribution in [0.5, 0.6) is 11.5 Å². The smallest absolute Gasteiger partial charge is 0.324 e. The maximum absolute atomic E-state index is 12.2. The van der Waals surface area contributed by atoms with Crippen molar-refractivity contribution in [2.45, 2.75) is 6.42 Å². The Kier molecular flexibility index (Phi) is 6.91. The highest BCUT2D eigenvalue weighted by atomic mass is 32.1. The predicted octanol–water partition coefficient (Wildman–Crippen LogP) is 2.94. The number of ether oxygens (including phenoxy) is 2. The molecule has 0 aliphatic carbocycles. The van der Waals surface area contributed by atoms with Gasteiger partial charge in [0.15, 0.2) is 11.5 Å². The van der Waals surface area contributed by atoms with Gasteiger partial charge in [-0.1, -0.05) is 17.4 Å². The topological polar surface area (TPSA) is 114 Å². The van der Waals surface area contributed by atoms with E-state index >= 15 is 0 Å². The number of carbonyl (C=O) groups excluding carboxylic acids is 1. The van der Waals surface area contributed by atoms with Crippen LogP contribution >= 0.6 is 11.3 Å². The average Bonchev–Trinajstić information content (AvgIpc) is 3.14. The van der Waals surface area contributed by atoms with Crippen molar-refractivity contribution in [3.8, 4) is 17.6 Å². The van der Waals surface area contributed by atoms with E-state index in [0.717, 1.165) is 16.9 Å². The molecule has 0 aliphatic rings. The second kappa shape index (κ2) is 9.35. The van der Waals surface area contributed by atoms with Gasteiger partial charge >= 0.3 is 5.00 Å². The number of hydrogen-bond donors (Lipinski definition) is 1. The molecule has 1 amide bonds. The molecule has 0 spiro atoms. The van der Waals surface area contributed by atoms with Gasteiger partial charge in [0.25, 0.3) is 5.91 Å². The minimum Gasteiger partial charge on any atom is -0.493 e. The zero-order valence-corrected chi connectivity index (χ0v) is 15.5. The third-order valence-corrected chi connectivity index (χ3v) is 4.51. The largest absolute Gasteiger partial charge is 0.493 e. The lowest BCUT2D eigenvalue weighted by atomic mass is 10.1. The fraction of sp³-hybridized carbons (Fsp3) is 0.222. The van der Waals surface area contributed by atoms with Gasteiger partial charge in [-0.2, -0.15) is 5.26 Å². The van der Waals surface area contributed by atoms with E-state index in [2.05, 4.69) is 5.32 Å². The monoisotopic (exact) mass is 387 g/mol. The molecule has 0 saturated heterocycles. The lowest BCUT2D eigenvalue weighted by Crippen LogP contribution is -2.26. The van der Waals surface area contributed by atoms with Crippen LogP contribution in [-0.4, -0.2) is 31.6 Å². The summed E-state index contributed by atoms with van der Waals surface area (Å²) in [6.07, 6.45) is 1.87. The van der Waals surface area contributed by atoms with E-state index < -0.39 is 10.8 Å². The van der Waals surface area contributed by atoms with Gasteiger partial charge < -0.3 is 14.8 Å². The number of thiophene rings is 1. The molecule has 0 fully saturated rings. The summed E-state index contributed by atoms with van der Waals surface area (Å²) in [5.74, 6) is 0.676. The van der Waals surface area contributed by atoms with Crippen LogP contribution in [0.25, 0.3) is 6.08 Å². The number of rotatable bonds is 8. The molecule has 0 bridgehead atoms. The first-order valence-corrected chi connectivity index (χ1v) is 8.70. The number of methoxy groups -OCH3 is 2. The molecule has 27 heavy (non-hydrogen) atoms. The fourth-order valence-corrected chi connectivity index (χ4v) is 2.96. The molecule has 0 saturated carbocycles. The number of hydrogen-bond acceptors (Lipinski definition) is 7. The van der Waals surface area contributed by atoms with Gasteiger partial charge in [0.2, 0.25) is 0 Å². The van der Waals surface area contributed by atoms with Crippen LogP contribution < -0.4 is 14.8 Å². The number of nitrogens with zero attached hydrogens (tertiary/aromatic N) is 2. The number of nitriles is 1. The second-order valence-electron chi connectivity index (χ2n) is 5.34. The van der Waals surface area contributed by atoms with Crippen LogP contribution in [0.3, 0.4) is 0 Å². The van der Waals surface area contributed by atoms with Gasteiger partial charge in [0.1, 0.15) is 11.6 Å². The summed E-state index contributed by atoms with van der Waals surface area (Å²) in [6.45, 7) is 0.317. The Bertz CT molecular complexity index is 914.